The third-order valence-electron chi connectivity index (χ3n) is 5.75. The molecule has 15 heteroatoms. The van der Waals surface area contributed by atoms with Crippen LogP contribution >= 0.6 is 0 Å². The molecule has 3 amide bonds. The number of carboxylic acid groups (broad SMARTS) is 1. The Labute approximate surface area is 215 Å². The Hall–Kier alpha value is -3.72. The van der Waals surface area contributed by atoms with Crippen LogP contribution in [0.5, 0.6) is 0 Å². The van der Waals surface area contributed by atoms with Gasteiger partial charge in [-0.3, -0.25) is 19.4 Å². The zero-order valence-electron chi connectivity index (χ0n) is 21.3. The average molecular weight is 526 g/mol. The van der Waals surface area contributed by atoms with Crippen molar-refractivity contribution in [3.05, 3.63) is 18.2 Å². The lowest BCUT2D eigenvalue weighted by Gasteiger charge is -2.29. The molecule has 6 atom stereocenters. The molecule has 208 valence electrons. The number of nitrogens with zero attached hydrogens (tertiary/aromatic N) is 2. The summed E-state index contributed by atoms with van der Waals surface area (Å²) in [4.78, 5) is 60.7. The van der Waals surface area contributed by atoms with Gasteiger partial charge in [-0.2, -0.15) is 0 Å². The Balaban J connectivity index is 2.89. The Morgan fingerprint density at radius 3 is 2.22 bits per heavy atom. The van der Waals surface area contributed by atoms with Gasteiger partial charge in [-0.05, 0) is 25.7 Å². The second kappa shape index (κ2) is 15.4. The average Bonchev–Trinajstić information content (AvgIpc) is 3.34. The number of nitrogens with two attached hydrogens (primary N) is 3. The molecule has 0 aliphatic rings. The summed E-state index contributed by atoms with van der Waals surface area (Å²) in [6.07, 6.45) is 2.58. The largest absolute Gasteiger partial charge is 0.480 e. The summed E-state index contributed by atoms with van der Waals surface area (Å²) in [7, 11) is 0. The number of imidazole rings is 1. The van der Waals surface area contributed by atoms with Crippen molar-refractivity contribution in [2.75, 3.05) is 6.54 Å². The van der Waals surface area contributed by atoms with Crippen molar-refractivity contribution < 1.29 is 29.4 Å². The third-order valence-corrected chi connectivity index (χ3v) is 5.75. The summed E-state index contributed by atoms with van der Waals surface area (Å²) in [5.41, 5.74) is 16.9. The van der Waals surface area contributed by atoms with Crippen LogP contribution in [0, 0.1) is 5.92 Å². The predicted molar refractivity (Wildman–Crippen MR) is 135 cm³/mol. The van der Waals surface area contributed by atoms with E-state index in [1.807, 2.05) is 0 Å². The second-order valence-electron chi connectivity index (χ2n) is 8.83. The van der Waals surface area contributed by atoms with Gasteiger partial charge in [-0.25, -0.2) is 9.78 Å². The van der Waals surface area contributed by atoms with Gasteiger partial charge >= 0.3 is 5.97 Å². The first-order valence-electron chi connectivity index (χ1n) is 12.0. The number of hydrogen-bond acceptors (Lipinski definition) is 8. The SMILES string of the molecule is CCC(C)C(NC(=O)C(NC(=O)C(N)CCCN=C(N)N)C(C)O)C(=O)NC(Cc1cnc[nH]1)C(=O)O. The molecule has 0 radical (unpaired) electrons. The van der Waals surface area contributed by atoms with Crippen molar-refractivity contribution in [3.63, 3.8) is 0 Å². The smallest absolute Gasteiger partial charge is 0.326 e. The number of nitrogens with one attached hydrogen (secondary N) is 4. The van der Waals surface area contributed by atoms with E-state index in [-0.39, 0.29) is 25.3 Å². The molecule has 1 aromatic heterocycles. The lowest BCUT2D eigenvalue weighted by molar-refractivity contribution is -0.142. The number of aliphatic hydroxyl groups is 1. The van der Waals surface area contributed by atoms with Gasteiger partial charge in [0.1, 0.15) is 18.1 Å². The first-order valence-corrected chi connectivity index (χ1v) is 12.0. The van der Waals surface area contributed by atoms with Crippen LogP contribution in [-0.2, 0) is 25.6 Å². The number of carboxylic acids is 1. The summed E-state index contributed by atoms with van der Waals surface area (Å²) < 4.78 is 0. The topological polar surface area (TPSA) is 264 Å². The van der Waals surface area contributed by atoms with E-state index in [0.717, 1.165) is 0 Å². The number of hydrogen-bond donors (Lipinski definition) is 9. The standard InChI is InChI=1S/C22H39N9O6/c1-4-11(2)16(19(34)29-15(21(36)37)8-13-9-26-10-28-13)30-20(35)17(12(3)32)31-18(33)14(23)6-5-7-27-22(24)25/h9-12,14-17,32H,4-8,23H2,1-3H3,(H,26,28)(H,29,34)(H,30,35)(H,31,33)(H,36,37)(H4,24,25,27). The van der Waals surface area contributed by atoms with Gasteiger partial charge in [0, 0.05) is 24.9 Å². The zero-order valence-corrected chi connectivity index (χ0v) is 21.3. The van der Waals surface area contributed by atoms with Crippen molar-refractivity contribution >= 4 is 29.7 Å². The van der Waals surface area contributed by atoms with Crippen LogP contribution < -0.4 is 33.2 Å². The Morgan fingerprint density at radius 1 is 1.08 bits per heavy atom. The van der Waals surface area contributed by atoms with Gasteiger partial charge in [0.05, 0.1) is 18.5 Å². The van der Waals surface area contributed by atoms with Crippen LogP contribution in [0.1, 0.15) is 45.7 Å². The molecule has 0 saturated carbocycles. The number of aliphatic imine (C=N–C) groups is 1. The molecule has 0 fully saturated rings. The van der Waals surface area contributed by atoms with E-state index in [0.29, 0.717) is 18.5 Å². The number of amides is 3. The summed E-state index contributed by atoms with van der Waals surface area (Å²) in [6.45, 7) is 5.08. The van der Waals surface area contributed by atoms with Gasteiger partial charge in [-0.1, -0.05) is 20.3 Å². The number of guanidine groups is 1. The summed E-state index contributed by atoms with van der Waals surface area (Å²) in [5, 5.41) is 27.1. The van der Waals surface area contributed by atoms with Crippen LogP contribution in [0.3, 0.4) is 0 Å². The lowest BCUT2D eigenvalue weighted by Crippen LogP contribution is -2.61. The Morgan fingerprint density at radius 2 is 1.70 bits per heavy atom. The number of aliphatic carboxylic acids is 1. The van der Waals surface area contributed by atoms with E-state index < -0.39 is 59.9 Å². The van der Waals surface area contributed by atoms with Crippen molar-refractivity contribution in [2.45, 2.75) is 76.7 Å². The molecule has 15 nitrogen and oxygen atoms in total. The van der Waals surface area contributed by atoms with E-state index in [2.05, 4.69) is 30.9 Å². The second-order valence-corrected chi connectivity index (χ2v) is 8.83. The first-order chi connectivity index (χ1) is 17.4. The molecule has 1 aromatic rings. The van der Waals surface area contributed by atoms with E-state index in [9.17, 15) is 29.4 Å². The number of H-pyrrole nitrogens is 1. The molecule has 12 N–H and O–H groups in total. The monoisotopic (exact) mass is 525 g/mol. The summed E-state index contributed by atoms with van der Waals surface area (Å²) >= 11 is 0. The molecule has 1 rings (SSSR count). The molecule has 0 aliphatic carbocycles. The maximum Gasteiger partial charge on any atom is 0.326 e. The Kier molecular flexibility index (Phi) is 13.0. The zero-order chi connectivity index (χ0) is 28.1. The molecule has 1 heterocycles. The number of carbonyl (C=O) groups excluding carboxylic acids is 3. The van der Waals surface area contributed by atoms with Crippen molar-refractivity contribution in [3.8, 4) is 0 Å². The maximum absolute atomic E-state index is 13.0. The highest BCUT2D eigenvalue weighted by Gasteiger charge is 2.34. The maximum atomic E-state index is 13.0. The molecular formula is C22H39N9O6. The van der Waals surface area contributed by atoms with E-state index in [1.165, 1.54) is 19.4 Å². The number of aromatic nitrogens is 2. The van der Waals surface area contributed by atoms with Gasteiger partial charge < -0.3 is 48.3 Å². The predicted octanol–water partition coefficient (Wildman–Crippen LogP) is -2.70. The van der Waals surface area contributed by atoms with Gasteiger partial charge in [-0.15, -0.1) is 0 Å². The summed E-state index contributed by atoms with van der Waals surface area (Å²) in [6, 6.07) is -4.81. The molecule has 0 bridgehead atoms. The minimum atomic E-state index is -1.41. The fourth-order valence-electron chi connectivity index (χ4n) is 3.34. The van der Waals surface area contributed by atoms with Crippen molar-refractivity contribution in [2.24, 2.45) is 28.1 Å². The molecule has 37 heavy (non-hydrogen) atoms. The van der Waals surface area contributed by atoms with Gasteiger partial charge in [0.25, 0.3) is 0 Å². The van der Waals surface area contributed by atoms with Crippen LogP contribution in [0.15, 0.2) is 17.5 Å². The van der Waals surface area contributed by atoms with Crippen molar-refractivity contribution in [1.29, 1.82) is 0 Å². The lowest BCUT2D eigenvalue weighted by atomic mass is 9.96. The highest BCUT2D eigenvalue weighted by Crippen LogP contribution is 2.10. The van der Waals surface area contributed by atoms with Crippen LogP contribution in [0.25, 0.3) is 0 Å². The molecule has 6 unspecified atom stereocenters. The summed E-state index contributed by atoms with van der Waals surface area (Å²) in [5.74, 6) is -3.96. The highest BCUT2D eigenvalue weighted by molar-refractivity contribution is 5.94. The van der Waals surface area contributed by atoms with Crippen LogP contribution in [-0.4, -0.2) is 86.6 Å². The van der Waals surface area contributed by atoms with E-state index in [4.69, 9.17) is 17.2 Å². The molecule has 0 aliphatic heterocycles. The van der Waals surface area contributed by atoms with Crippen LogP contribution in [0.4, 0.5) is 0 Å². The molecule has 0 saturated heterocycles. The van der Waals surface area contributed by atoms with Crippen LogP contribution in [0.2, 0.25) is 0 Å². The quantitative estimate of drug-likeness (QED) is 0.0612. The number of rotatable bonds is 16. The Bertz CT molecular complexity index is 918. The number of aromatic amines is 1. The normalized spacial score (nSPS) is 15.8. The highest BCUT2D eigenvalue weighted by atomic mass is 16.4. The molecule has 0 spiro atoms. The fraction of sp³-hybridized carbons (Fsp3) is 0.636. The first kappa shape index (κ1) is 31.3. The van der Waals surface area contributed by atoms with Gasteiger partial charge in [0.15, 0.2) is 5.96 Å². The minimum Gasteiger partial charge on any atom is -0.480 e. The number of carbonyl (C=O) groups is 4. The third kappa shape index (κ3) is 10.8. The molecule has 0 aromatic carbocycles. The van der Waals surface area contributed by atoms with Crippen molar-refractivity contribution in [1.82, 2.24) is 25.9 Å². The fourth-order valence-corrected chi connectivity index (χ4v) is 3.34. The van der Waals surface area contributed by atoms with E-state index >= 15 is 0 Å². The number of aliphatic hydroxyl groups excluding tert-OH is 1. The minimum absolute atomic E-state index is 0.0460. The van der Waals surface area contributed by atoms with Gasteiger partial charge in [0.2, 0.25) is 17.7 Å². The molecular weight excluding hydrogens is 486 g/mol. The van der Waals surface area contributed by atoms with E-state index in [1.54, 1.807) is 13.8 Å².